The van der Waals surface area contributed by atoms with Crippen LogP contribution in [0.25, 0.3) is 0 Å². The maximum Gasteiger partial charge on any atom is 0.127 e. The van der Waals surface area contributed by atoms with E-state index in [0.717, 1.165) is 29.9 Å². The first-order valence-electron chi connectivity index (χ1n) is 6.71. The zero-order chi connectivity index (χ0) is 14.3. The van der Waals surface area contributed by atoms with Gasteiger partial charge in [-0.3, -0.25) is 0 Å². The molecule has 0 radical (unpaired) electrons. The van der Waals surface area contributed by atoms with Gasteiger partial charge in [-0.25, -0.2) is 0 Å². The van der Waals surface area contributed by atoms with Gasteiger partial charge in [-0.05, 0) is 32.8 Å². The number of allylic oxidation sites excluding steroid dienone is 1. The summed E-state index contributed by atoms with van der Waals surface area (Å²) in [4.78, 5) is 0. The third-order valence-corrected chi connectivity index (χ3v) is 3.25. The minimum Gasteiger partial charge on any atom is -0.497 e. The highest BCUT2D eigenvalue weighted by Gasteiger charge is 2.14. The minimum absolute atomic E-state index is 0.237. The molecule has 106 valence electrons. The summed E-state index contributed by atoms with van der Waals surface area (Å²) in [6, 6.07) is 6.61. The molecule has 0 saturated heterocycles. The SMILES string of the molecule is C=CCCC(C)NC(C)c1ccc(OC)cc1OC. The highest BCUT2D eigenvalue weighted by molar-refractivity contribution is 5.42. The fraction of sp³-hybridized carbons (Fsp3) is 0.500. The molecular weight excluding hydrogens is 238 g/mol. The first-order valence-corrected chi connectivity index (χ1v) is 6.71. The molecule has 2 atom stereocenters. The predicted molar refractivity (Wildman–Crippen MR) is 80.0 cm³/mol. The summed E-state index contributed by atoms with van der Waals surface area (Å²) in [6.07, 6.45) is 4.07. The molecule has 1 aromatic carbocycles. The van der Waals surface area contributed by atoms with E-state index in [1.54, 1.807) is 14.2 Å². The summed E-state index contributed by atoms with van der Waals surface area (Å²) < 4.78 is 10.6. The summed E-state index contributed by atoms with van der Waals surface area (Å²) in [6.45, 7) is 8.09. The van der Waals surface area contributed by atoms with Crippen LogP contribution in [-0.2, 0) is 0 Å². The first kappa shape index (κ1) is 15.6. The second-order valence-electron chi connectivity index (χ2n) is 4.76. The summed E-state index contributed by atoms with van der Waals surface area (Å²) in [5.74, 6) is 1.67. The van der Waals surface area contributed by atoms with Gasteiger partial charge in [-0.15, -0.1) is 6.58 Å². The monoisotopic (exact) mass is 263 g/mol. The van der Waals surface area contributed by atoms with E-state index in [-0.39, 0.29) is 6.04 Å². The van der Waals surface area contributed by atoms with Crippen molar-refractivity contribution in [1.82, 2.24) is 5.32 Å². The average molecular weight is 263 g/mol. The van der Waals surface area contributed by atoms with Crippen molar-refractivity contribution in [3.05, 3.63) is 36.4 Å². The van der Waals surface area contributed by atoms with E-state index in [1.165, 1.54) is 0 Å². The molecule has 19 heavy (non-hydrogen) atoms. The zero-order valence-electron chi connectivity index (χ0n) is 12.4. The fourth-order valence-electron chi connectivity index (χ4n) is 2.14. The van der Waals surface area contributed by atoms with Crippen LogP contribution in [0.5, 0.6) is 11.5 Å². The van der Waals surface area contributed by atoms with Gasteiger partial charge in [-0.2, -0.15) is 0 Å². The number of ether oxygens (including phenoxy) is 2. The van der Waals surface area contributed by atoms with Crippen LogP contribution in [0.3, 0.4) is 0 Å². The van der Waals surface area contributed by atoms with Crippen molar-refractivity contribution in [2.24, 2.45) is 0 Å². The maximum atomic E-state index is 5.44. The molecule has 2 unspecified atom stereocenters. The summed E-state index contributed by atoms with van der Waals surface area (Å²) in [7, 11) is 3.35. The average Bonchev–Trinajstić information content (AvgIpc) is 2.44. The molecule has 0 aromatic heterocycles. The summed E-state index contributed by atoms with van der Waals surface area (Å²) in [5, 5.41) is 3.57. The normalized spacial score (nSPS) is 13.7. The number of hydrogen-bond acceptors (Lipinski definition) is 3. The van der Waals surface area contributed by atoms with E-state index in [9.17, 15) is 0 Å². The largest absolute Gasteiger partial charge is 0.497 e. The second-order valence-corrected chi connectivity index (χ2v) is 4.76. The van der Waals surface area contributed by atoms with Crippen LogP contribution in [0, 0.1) is 0 Å². The van der Waals surface area contributed by atoms with Gasteiger partial charge in [0.05, 0.1) is 14.2 Å². The maximum absolute atomic E-state index is 5.44. The van der Waals surface area contributed by atoms with Crippen molar-refractivity contribution < 1.29 is 9.47 Å². The number of nitrogens with one attached hydrogen (secondary N) is 1. The molecule has 1 N–H and O–H groups in total. The molecule has 1 rings (SSSR count). The first-order chi connectivity index (χ1) is 9.12. The molecule has 3 heteroatoms. The molecular formula is C16H25NO2. The lowest BCUT2D eigenvalue weighted by molar-refractivity contribution is 0.380. The summed E-state index contributed by atoms with van der Waals surface area (Å²) >= 11 is 0. The Hall–Kier alpha value is -1.48. The Morgan fingerprint density at radius 1 is 1.26 bits per heavy atom. The molecule has 0 bridgehead atoms. The molecule has 0 aliphatic heterocycles. The van der Waals surface area contributed by atoms with Gasteiger partial charge in [0.1, 0.15) is 11.5 Å². The molecule has 0 heterocycles. The Balaban J connectivity index is 2.75. The predicted octanol–water partition coefficient (Wildman–Crippen LogP) is 3.71. The third-order valence-electron chi connectivity index (χ3n) is 3.25. The molecule has 0 spiro atoms. The van der Waals surface area contributed by atoms with Crippen molar-refractivity contribution in [1.29, 1.82) is 0 Å². The molecule has 1 aromatic rings. The number of methoxy groups -OCH3 is 2. The third kappa shape index (κ3) is 4.60. The molecule has 3 nitrogen and oxygen atoms in total. The number of hydrogen-bond donors (Lipinski definition) is 1. The summed E-state index contributed by atoms with van der Waals surface area (Å²) in [5.41, 5.74) is 1.15. The van der Waals surface area contributed by atoms with E-state index in [2.05, 4.69) is 31.8 Å². The molecule has 0 amide bonds. The lowest BCUT2D eigenvalue weighted by atomic mass is 10.0. The molecule has 0 aliphatic carbocycles. The van der Waals surface area contributed by atoms with Crippen LogP contribution in [0.15, 0.2) is 30.9 Å². The van der Waals surface area contributed by atoms with Crippen LogP contribution in [0.4, 0.5) is 0 Å². The van der Waals surface area contributed by atoms with Crippen molar-refractivity contribution in [2.45, 2.75) is 38.8 Å². The molecule has 0 aliphatic rings. The highest BCUT2D eigenvalue weighted by Crippen LogP contribution is 2.29. The van der Waals surface area contributed by atoms with E-state index < -0.39 is 0 Å². The van der Waals surface area contributed by atoms with Crippen LogP contribution in [0.1, 0.15) is 38.3 Å². The van der Waals surface area contributed by atoms with Crippen LogP contribution in [-0.4, -0.2) is 20.3 Å². The Morgan fingerprint density at radius 3 is 2.58 bits per heavy atom. The Labute approximate surface area is 116 Å². The smallest absolute Gasteiger partial charge is 0.127 e. The van der Waals surface area contributed by atoms with Crippen molar-refractivity contribution in [3.63, 3.8) is 0 Å². The van der Waals surface area contributed by atoms with Gasteiger partial charge in [0, 0.05) is 23.7 Å². The van der Waals surface area contributed by atoms with Gasteiger partial charge in [0.2, 0.25) is 0 Å². The quantitative estimate of drug-likeness (QED) is 0.725. The van der Waals surface area contributed by atoms with E-state index in [1.807, 2.05) is 18.2 Å². The van der Waals surface area contributed by atoms with Crippen LogP contribution < -0.4 is 14.8 Å². The fourth-order valence-corrected chi connectivity index (χ4v) is 2.14. The van der Waals surface area contributed by atoms with E-state index >= 15 is 0 Å². The second kappa shape index (κ2) is 7.85. The lowest BCUT2D eigenvalue weighted by Gasteiger charge is -2.22. The van der Waals surface area contributed by atoms with Gasteiger partial charge in [0.15, 0.2) is 0 Å². The van der Waals surface area contributed by atoms with Gasteiger partial charge in [-0.1, -0.05) is 12.1 Å². The molecule has 0 fully saturated rings. The minimum atomic E-state index is 0.237. The van der Waals surface area contributed by atoms with E-state index in [4.69, 9.17) is 9.47 Å². The van der Waals surface area contributed by atoms with Crippen molar-refractivity contribution in [3.8, 4) is 11.5 Å². The van der Waals surface area contributed by atoms with Crippen molar-refractivity contribution >= 4 is 0 Å². The van der Waals surface area contributed by atoms with Gasteiger partial charge < -0.3 is 14.8 Å². The standard InChI is InChI=1S/C16H25NO2/c1-6-7-8-12(2)17-13(3)15-10-9-14(18-4)11-16(15)19-5/h6,9-13,17H,1,7-8H2,2-5H3. The van der Waals surface area contributed by atoms with Crippen LogP contribution >= 0.6 is 0 Å². The highest BCUT2D eigenvalue weighted by atomic mass is 16.5. The van der Waals surface area contributed by atoms with Crippen molar-refractivity contribution in [2.75, 3.05) is 14.2 Å². The van der Waals surface area contributed by atoms with Crippen LogP contribution in [0.2, 0.25) is 0 Å². The Bertz CT molecular complexity index is 404. The zero-order valence-corrected chi connectivity index (χ0v) is 12.4. The van der Waals surface area contributed by atoms with E-state index in [0.29, 0.717) is 6.04 Å². The van der Waals surface area contributed by atoms with Gasteiger partial charge >= 0.3 is 0 Å². The lowest BCUT2D eigenvalue weighted by Crippen LogP contribution is -2.29. The molecule has 0 saturated carbocycles. The topological polar surface area (TPSA) is 30.5 Å². The van der Waals surface area contributed by atoms with Gasteiger partial charge in [0.25, 0.3) is 0 Å². The Kier molecular flexibility index (Phi) is 6.43. The Morgan fingerprint density at radius 2 is 2.00 bits per heavy atom. The number of rotatable bonds is 8. The number of benzene rings is 1.